The molecule has 5 heterocycles. The molecule has 0 aromatic carbocycles. The van der Waals surface area contributed by atoms with Gasteiger partial charge in [-0.2, -0.15) is 19.5 Å². The summed E-state index contributed by atoms with van der Waals surface area (Å²) in [5, 5.41) is 4.31. The molecule has 2 aliphatic rings. The average Bonchev–Trinajstić information content (AvgIpc) is 3.57. The Hall–Kier alpha value is -3.70. The van der Waals surface area contributed by atoms with Gasteiger partial charge in [0.1, 0.15) is 6.04 Å². The van der Waals surface area contributed by atoms with Crippen LogP contribution in [0.2, 0.25) is 0 Å². The Labute approximate surface area is 190 Å². The number of carbonyl (C=O) groups is 2. The van der Waals surface area contributed by atoms with Gasteiger partial charge in [-0.25, -0.2) is 0 Å². The Morgan fingerprint density at radius 3 is 2.88 bits per heavy atom. The zero-order valence-corrected chi connectivity index (χ0v) is 18.6. The fourth-order valence-electron chi connectivity index (χ4n) is 4.39. The topological polar surface area (TPSA) is 139 Å². The van der Waals surface area contributed by atoms with Crippen LogP contribution in [-0.2, 0) is 9.59 Å². The number of amides is 2. The fourth-order valence-corrected chi connectivity index (χ4v) is 4.39. The van der Waals surface area contributed by atoms with Gasteiger partial charge >= 0.3 is 0 Å². The van der Waals surface area contributed by atoms with Gasteiger partial charge in [0.2, 0.25) is 29.5 Å². The van der Waals surface area contributed by atoms with Crippen molar-refractivity contribution in [2.45, 2.75) is 38.6 Å². The van der Waals surface area contributed by atoms with Crippen LogP contribution in [0.25, 0.3) is 17.4 Å². The molecule has 0 aliphatic carbocycles. The van der Waals surface area contributed by atoms with Crippen molar-refractivity contribution in [3.63, 3.8) is 0 Å². The van der Waals surface area contributed by atoms with E-state index in [2.05, 4.69) is 27.0 Å². The second-order valence-electron chi connectivity index (χ2n) is 8.35. The molecule has 1 atom stereocenters. The van der Waals surface area contributed by atoms with E-state index >= 15 is 0 Å². The Balaban J connectivity index is 1.35. The second-order valence-corrected chi connectivity index (χ2v) is 8.35. The number of anilines is 2. The van der Waals surface area contributed by atoms with E-state index in [9.17, 15) is 9.59 Å². The minimum Gasteiger partial charge on any atom is -0.461 e. The number of rotatable bonds is 6. The molecule has 0 saturated carbocycles. The number of nitrogens with zero attached hydrogens (tertiary/aromatic N) is 8. The Bertz CT molecular complexity index is 1160. The van der Waals surface area contributed by atoms with Gasteiger partial charge in [-0.05, 0) is 31.4 Å². The van der Waals surface area contributed by atoms with Crippen LogP contribution < -0.4 is 10.6 Å². The molecule has 12 heteroatoms. The number of hydrogen-bond donors (Lipinski definition) is 1. The quantitative estimate of drug-likeness (QED) is 0.574. The Morgan fingerprint density at radius 2 is 2.12 bits per heavy atom. The predicted octanol–water partition coefficient (Wildman–Crippen LogP) is 0.801. The summed E-state index contributed by atoms with van der Waals surface area (Å²) in [7, 11) is 0. The van der Waals surface area contributed by atoms with Gasteiger partial charge in [0, 0.05) is 26.2 Å². The van der Waals surface area contributed by atoms with Crippen molar-refractivity contribution in [3.05, 3.63) is 18.4 Å². The van der Waals surface area contributed by atoms with Crippen molar-refractivity contribution in [2.24, 2.45) is 0 Å². The molecule has 0 bridgehead atoms. The summed E-state index contributed by atoms with van der Waals surface area (Å²) < 4.78 is 6.70. The molecule has 33 heavy (non-hydrogen) atoms. The average molecular weight is 454 g/mol. The molecular weight excluding hydrogens is 426 g/mol. The summed E-state index contributed by atoms with van der Waals surface area (Å²) in [6.45, 7) is 4.70. The third-order valence-corrected chi connectivity index (χ3v) is 6.17. The highest BCUT2D eigenvalue weighted by molar-refractivity contribution is 5.90. The molecule has 3 aromatic heterocycles. The van der Waals surface area contributed by atoms with Crippen LogP contribution in [0.15, 0.2) is 22.8 Å². The highest BCUT2D eigenvalue weighted by Gasteiger charge is 2.38. The molecule has 5 rings (SSSR count). The van der Waals surface area contributed by atoms with E-state index in [0.29, 0.717) is 43.6 Å². The van der Waals surface area contributed by atoms with Gasteiger partial charge < -0.3 is 24.9 Å². The number of unbranched alkanes of at least 4 members (excludes halogenated alkanes) is 1. The van der Waals surface area contributed by atoms with E-state index in [4.69, 9.17) is 10.2 Å². The molecule has 0 unspecified atom stereocenters. The van der Waals surface area contributed by atoms with E-state index in [-0.39, 0.29) is 30.1 Å². The summed E-state index contributed by atoms with van der Waals surface area (Å²) in [5.74, 6) is 1.52. The first-order chi connectivity index (χ1) is 16.0. The first-order valence-corrected chi connectivity index (χ1v) is 11.3. The molecular formula is C21H27N9O3. The number of carbonyl (C=O) groups excluding carboxylic acids is 2. The fraction of sp³-hybridized carbons (Fsp3) is 0.524. The van der Waals surface area contributed by atoms with Crippen molar-refractivity contribution in [1.29, 1.82) is 0 Å². The van der Waals surface area contributed by atoms with Gasteiger partial charge in [0.15, 0.2) is 5.76 Å². The summed E-state index contributed by atoms with van der Waals surface area (Å²) in [6.07, 6.45) is 5.03. The van der Waals surface area contributed by atoms with Gasteiger partial charge in [-0.15, -0.1) is 5.10 Å². The number of furan rings is 1. The summed E-state index contributed by atoms with van der Waals surface area (Å²) in [6, 6.07) is 3.06. The van der Waals surface area contributed by atoms with E-state index in [1.165, 1.54) is 10.8 Å². The van der Waals surface area contributed by atoms with Crippen LogP contribution in [0.4, 0.5) is 11.9 Å². The van der Waals surface area contributed by atoms with Crippen molar-refractivity contribution in [2.75, 3.05) is 43.4 Å². The third-order valence-electron chi connectivity index (χ3n) is 6.17. The summed E-state index contributed by atoms with van der Waals surface area (Å²) in [4.78, 5) is 44.5. The van der Waals surface area contributed by atoms with E-state index in [1.807, 2.05) is 9.80 Å². The Kier molecular flexibility index (Phi) is 5.56. The molecule has 174 valence electrons. The van der Waals surface area contributed by atoms with E-state index in [1.54, 1.807) is 17.0 Å². The molecule has 12 nitrogen and oxygen atoms in total. The van der Waals surface area contributed by atoms with Crippen molar-refractivity contribution >= 4 is 29.5 Å². The lowest BCUT2D eigenvalue weighted by Crippen LogP contribution is -2.56. The lowest BCUT2D eigenvalue weighted by molar-refractivity contribution is -0.145. The largest absolute Gasteiger partial charge is 0.461 e. The number of nitrogens with two attached hydrogens (primary N) is 1. The van der Waals surface area contributed by atoms with Crippen LogP contribution in [-0.4, -0.2) is 84.9 Å². The van der Waals surface area contributed by atoms with E-state index < -0.39 is 6.04 Å². The predicted molar refractivity (Wildman–Crippen MR) is 119 cm³/mol. The summed E-state index contributed by atoms with van der Waals surface area (Å²) >= 11 is 0. The zero-order chi connectivity index (χ0) is 22.9. The molecule has 0 spiro atoms. The minimum absolute atomic E-state index is 0.00317. The highest BCUT2D eigenvalue weighted by atomic mass is 16.3. The van der Waals surface area contributed by atoms with Gasteiger partial charge in [0.05, 0.1) is 12.8 Å². The number of aromatic nitrogens is 5. The normalized spacial score (nSPS) is 19.1. The number of hydrogen-bond acceptors (Lipinski definition) is 9. The number of piperazine rings is 1. The third kappa shape index (κ3) is 3.96. The lowest BCUT2D eigenvalue weighted by atomic mass is 10.1. The Morgan fingerprint density at radius 1 is 1.24 bits per heavy atom. The maximum Gasteiger partial charge on any atom is 0.259 e. The second kappa shape index (κ2) is 8.68. The van der Waals surface area contributed by atoms with Gasteiger partial charge in [-0.1, -0.05) is 13.3 Å². The maximum atomic E-state index is 13.3. The SMILES string of the molecule is CCCCN1CCN(C(=O)[C@@H]2CCCN2c2nc(N)n3nc(-c4ccco4)nc3n2)CC1=O. The number of nitrogen functional groups attached to an aromatic ring is 1. The van der Waals surface area contributed by atoms with Crippen molar-refractivity contribution in [1.82, 2.24) is 34.4 Å². The van der Waals surface area contributed by atoms with Gasteiger partial charge in [-0.3, -0.25) is 9.59 Å². The minimum atomic E-state index is -0.436. The number of fused-ring (bicyclic) bond motifs is 1. The molecule has 2 amide bonds. The summed E-state index contributed by atoms with van der Waals surface area (Å²) in [5.41, 5.74) is 6.14. The molecule has 2 saturated heterocycles. The lowest BCUT2D eigenvalue weighted by Gasteiger charge is -2.36. The zero-order valence-electron chi connectivity index (χ0n) is 18.6. The van der Waals surface area contributed by atoms with Crippen LogP contribution in [0, 0.1) is 0 Å². The molecule has 0 radical (unpaired) electrons. The first-order valence-electron chi connectivity index (χ1n) is 11.3. The van der Waals surface area contributed by atoms with Gasteiger partial charge in [0.25, 0.3) is 5.78 Å². The molecule has 2 aliphatic heterocycles. The van der Waals surface area contributed by atoms with Crippen LogP contribution >= 0.6 is 0 Å². The van der Waals surface area contributed by atoms with E-state index in [0.717, 1.165) is 25.8 Å². The monoisotopic (exact) mass is 453 g/mol. The first kappa shape index (κ1) is 21.2. The van der Waals surface area contributed by atoms with Crippen LogP contribution in [0.1, 0.15) is 32.6 Å². The highest BCUT2D eigenvalue weighted by Crippen LogP contribution is 2.26. The van der Waals surface area contributed by atoms with Crippen molar-refractivity contribution < 1.29 is 14.0 Å². The standard InChI is InChI=1S/C21H27N9O3/c1-2-3-8-27-10-11-28(13-16(27)31)18(32)14-6-4-9-29(14)20-24-19(22)30-21(25-20)23-17(26-30)15-7-5-12-33-15/h5,7,12,14H,2-4,6,8-11,13H2,1H3,(H2,22,23,24,25,26)/t14-/m0/s1. The molecule has 2 fully saturated rings. The van der Waals surface area contributed by atoms with Crippen LogP contribution in [0.5, 0.6) is 0 Å². The smallest absolute Gasteiger partial charge is 0.259 e. The van der Waals surface area contributed by atoms with Crippen LogP contribution in [0.3, 0.4) is 0 Å². The maximum absolute atomic E-state index is 13.3. The molecule has 2 N–H and O–H groups in total. The molecule has 3 aromatic rings. The van der Waals surface area contributed by atoms with Crippen molar-refractivity contribution in [3.8, 4) is 11.6 Å².